The molecule has 18 nitrogen and oxygen atoms in total. The molecule has 0 atom stereocenters. The molecule has 0 spiro atoms. The van der Waals surface area contributed by atoms with Crippen molar-refractivity contribution in [2.45, 2.75) is 140 Å². The van der Waals surface area contributed by atoms with Crippen molar-refractivity contribution >= 4 is 70.3 Å². The Hall–Kier alpha value is -8.28. The summed E-state index contributed by atoms with van der Waals surface area (Å²) in [4.78, 5) is 82.1. The fraction of sp³-hybridized carbons (Fsp3) is 0.379. The molecule has 1 aliphatic heterocycles. The zero-order valence-electron chi connectivity index (χ0n) is 45.7. The average molecular weight is 1040 g/mol. The standard InChI is InChI=1S/C58H76N12O6/c1-11-36-27-37(12-2)43-29-61-55(73)67-49-23-20-35(10)26-52(49)70-58(76)64-32-46-40(15-5)44(30-62-56(74)68-50-24-33(8)18-21-47(50)65-53(71)59-17-7)39(14-4)45(41(46)16-6)31-63-57(75)69-51-25-34(9)19-22-48(51)66-54(72)60-28-42(36)38(43)13-3/h18-27H,11-17,28-32H2,1-10H3,(H2,59,65,71)(H2,60,66,72)(H2,61,67,73)(H2,62,68,74)(H2,63,69,75)(H2,64,70,76). The molecule has 5 aromatic rings. The summed E-state index contributed by atoms with van der Waals surface area (Å²) in [7, 11) is 0. The molecule has 4 bridgehead atoms. The summed E-state index contributed by atoms with van der Waals surface area (Å²) >= 11 is 0. The quantitative estimate of drug-likeness (QED) is 0.0613. The second-order valence-electron chi connectivity index (χ2n) is 18.8. The van der Waals surface area contributed by atoms with Gasteiger partial charge in [0.2, 0.25) is 0 Å². The van der Waals surface area contributed by atoms with Crippen LogP contribution in [0.25, 0.3) is 0 Å². The van der Waals surface area contributed by atoms with Crippen molar-refractivity contribution in [3.8, 4) is 0 Å². The maximum atomic E-state index is 14.1. The highest BCUT2D eigenvalue weighted by atomic mass is 16.2. The lowest BCUT2D eigenvalue weighted by atomic mass is 9.83. The molecule has 0 saturated carbocycles. The number of anilines is 6. The molecule has 5 aromatic carbocycles. The number of nitrogens with one attached hydrogen (secondary N) is 12. The van der Waals surface area contributed by atoms with Gasteiger partial charge in [0.15, 0.2) is 0 Å². The molecular formula is C58H76N12O6. The predicted molar refractivity (Wildman–Crippen MR) is 305 cm³/mol. The first-order chi connectivity index (χ1) is 36.5. The van der Waals surface area contributed by atoms with E-state index < -0.39 is 36.2 Å². The first kappa shape index (κ1) is 57.0. The van der Waals surface area contributed by atoms with Gasteiger partial charge in [-0.2, -0.15) is 0 Å². The molecule has 12 amide bonds. The molecule has 6 rings (SSSR count). The fourth-order valence-electron chi connectivity index (χ4n) is 10.1. The number of aryl methyl sites for hydroxylation is 5. The Morgan fingerprint density at radius 1 is 0.408 bits per heavy atom. The van der Waals surface area contributed by atoms with E-state index in [9.17, 15) is 28.8 Å². The van der Waals surface area contributed by atoms with Crippen molar-refractivity contribution < 1.29 is 28.8 Å². The van der Waals surface area contributed by atoms with E-state index in [0.717, 1.165) is 90.7 Å². The molecule has 0 aliphatic carbocycles. The van der Waals surface area contributed by atoms with E-state index in [1.807, 2.05) is 66.7 Å². The van der Waals surface area contributed by atoms with Gasteiger partial charge in [-0.05, 0) is 181 Å². The molecule has 0 fully saturated rings. The highest BCUT2D eigenvalue weighted by Crippen LogP contribution is 2.33. The van der Waals surface area contributed by atoms with Crippen LogP contribution in [0.15, 0.2) is 60.7 Å². The predicted octanol–water partition coefficient (Wildman–Crippen LogP) is 11.0. The molecule has 0 unspecified atom stereocenters. The molecule has 404 valence electrons. The minimum atomic E-state index is -0.508. The molecule has 0 radical (unpaired) electrons. The second kappa shape index (κ2) is 26.8. The Labute approximate surface area is 446 Å². The van der Waals surface area contributed by atoms with Gasteiger partial charge in [0.25, 0.3) is 0 Å². The average Bonchev–Trinajstić information content (AvgIpc) is 3.40. The summed E-state index contributed by atoms with van der Waals surface area (Å²) in [5.41, 5.74) is 15.5. The lowest BCUT2D eigenvalue weighted by Crippen LogP contribution is -2.34. The van der Waals surface area contributed by atoms with E-state index in [1.165, 1.54) is 0 Å². The Morgan fingerprint density at radius 2 is 0.789 bits per heavy atom. The summed E-state index contributed by atoms with van der Waals surface area (Å²) in [5, 5.41) is 35.6. The lowest BCUT2D eigenvalue weighted by Gasteiger charge is -2.27. The Balaban J connectivity index is 1.40. The van der Waals surface area contributed by atoms with Crippen LogP contribution in [0.2, 0.25) is 0 Å². The van der Waals surface area contributed by atoms with Crippen LogP contribution in [0.1, 0.15) is 126 Å². The number of benzene rings is 5. The van der Waals surface area contributed by atoms with Crippen LogP contribution in [0.4, 0.5) is 62.9 Å². The third kappa shape index (κ3) is 14.3. The summed E-state index contributed by atoms with van der Waals surface area (Å²) < 4.78 is 0. The van der Waals surface area contributed by atoms with Crippen molar-refractivity contribution in [2.75, 3.05) is 38.4 Å². The molecule has 76 heavy (non-hydrogen) atoms. The smallest absolute Gasteiger partial charge is 0.319 e. The van der Waals surface area contributed by atoms with Crippen LogP contribution in [-0.2, 0) is 71.2 Å². The number of rotatable bonds is 11. The minimum absolute atomic E-state index is 0.0898. The van der Waals surface area contributed by atoms with Gasteiger partial charge >= 0.3 is 36.2 Å². The van der Waals surface area contributed by atoms with Crippen LogP contribution in [0.3, 0.4) is 0 Å². The molecular weight excluding hydrogens is 961 g/mol. The van der Waals surface area contributed by atoms with Crippen LogP contribution in [0, 0.1) is 20.8 Å². The minimum Gasteiger partial charge on any atom is -0.338 e. The van der Waals surface area contributed by atoms with Gasteiger partial charge in [0.1, 0.15) is 0 Å². The maximum Gasteiger partial charge on any atom is 0.319 e. The Morgan fingerprint density at radius 3 is 1.22 bits per heavy atom. The van der Waals surface area contributed by atoms with E-state index in [-0.39, 0.29) is 32.7 Å². The number of hydrogen-bond donors (Lipinski definition) is 12. The summed E-state index contributed by atoms with van der Waals surface area (Å²) in [6, 6.07) is 15.4. The third-order valence-corrected chi connectivity index (χ3v) is 13.7. The highest BCUT2D eigenvalue weighted by Gasteiger charge is 2.25. The Kier molecular flexibility index (Phi) is 20.1. The number of amides is 12. The summed E-state index contributed by atoms with van der Waals surface area (Å²) in [5.74, 6) is 0. The second-order valence-corrected chi connectivity index (χ2v) is 18.8. The van der Waals surface area contributed by atoms with Crippen LogP contribution >= 0.6 is 0 Å². The summed E-state index contributed by atoms with van der Waals surface area (Å²) in [6.45, 7) is 20.9. The van der Waals surface area contributed by atoms with Gasteiger partial charge in [0, 0.05) is 39.3 Å². The van der Waals surface area contributed by atoms with Crippen molar-refractivity contribution in [1.82, 2.24) is 31.9 Å². The van der Waals surface area contributed by atoms with Crippen molar-refractivity contribution in [2.24, 2.45) is 0 Å². The number of urea groups is 6. The molecule has 18 heteroatoms. The van der Waals surface area contributed by atoms with E-state index in [0.29, 0.717) is 66.4 Å². The lowest BCUT2D eigenvalue weighted by molar-refractivity contribution is 0.250. The zero-order chi connectivity index (χ0) is 55.1. The number of hydrogen-bond acceptors (Lipinski definition) is 6. The number of fused-ring (bicyclic) bond motifs is 6. The largest absolute Gasteiger partial charge is 0.338 e. The van der Waals surface area contributed by atoms with Crippen LogP contribution in [0.5, 0.6) is 0 Å². The fourth-order valence-corrected chi connectivity index (χ4v) is 10.1. The van der Waals surface area contributed by atoms with E-state index in [4.69, 9.17) is 0 Å². The Bertz CT molecular complexity index is 2840. The molecule has 0 saturated heterocycles. The van der Waals surface area contributed by atoms with Gasteiger partial charge in [-0.3, -0.25) is 0 Å². The molecule has 1 aliphatic rings. The van der Waals surface area contributed by atoms with Gasteiger partial charge in [-0.15, -0.1) is 0 Å². The first-order valence-corrected chi connectivity index (χ1v) is 26.5. The van der Waals surface area contributed by atoms with E-state index >= 15 is 0 Å². The molecule has 1 heterocycles. The van der Waals surface area contributed by atoms with Gasteiger partial charge in [0.05, 0.1) is 34.1 Å². The van der Waals surface area contributed by atoms with Gasteiger partial charge < -0.3 is 63.8 Å². The van der Waals surface area contributed by atoms with Crippen LogP contribution in [-0.4, -0.2) is 42.7 Å². The van der Waals surface area contributed by atoms with Gasteiger partial charge in [-0.25, -0.2) is 28.8 Å². The van der Waals surface area contributed by atoms with Crippen molar-refractivity contribution in [1.29, 1.82) is 0 Å². The normalized spacial score (nSPS) is 13.3. The SMILES string of the molecule is CCNC(=O)Nc1ccc(C)cc1NC(=O)NCc1c(CC)c2c(CC)c(c1CC)CNC(=O)Nc1cc(C)ccc1NC(=O)NCc1c(CC)cc(CC)c(c1CC)CNC(=O)Nc1ccc(C)cc1NC(=O)NC2. The maximum absolute atomic E-state index is 14.1. The summed E-state index contributed by atoms with van der Waals surface area (Å²) in [6.07, 6.45) is 3.77. The topological polar surface area (TPSA) is 247 Å². The first-order valence-electron chi connectivity index (χ1n) is 26.5. The molecule has 0 aromatic heterocycles. The monoisotopic (exact) mass is 1040 g/mol. The van der Waals surface area contributed by atoms with E-state index in [1.54, 1.807) is 36.4 Å². The molecule has 12 N–H and O–H groups in total. The zero-order valence-corrected chi connectivity index (χ0v) is 45.7. The van der Waals surface area contributed by atoms with Crippen LogP contribution < -0.4 is 63.8 Å². The highest BCUT2D eigenvalue weighted by molar-refractivity contribution is 6.01. The number of carbonyl (C=O) groups is 6. The third-order valence-electron chi connectivity index (χ3n) is 13.7. The number of carbonyl (C=O) groups excluding carboxylic acids is 6. The van der Waals surface area contributed by atoms with Gasteiger partial charge in [-0.1, -0.05) is 65.8 Å². The van der Waals surface area contributed by atoms with Crippen molar-refractivity contribution in [3.05, 3.63) is 139 Å². The van der Waals surface area contributed by atoms with E-state index in [2.05, 4.69) is 90.6 Å². The van der Waals surface area contributed by atoms with Crippen molar-refractivity contribution in [3.63, 3.8) is 0 Å².